The van der Waals surface area contributed by atoms with Crippen molar-refractivity contribution in [1.82, 2.24) is 0 Å². The number of phenols is 8. The van der Waals surface area contributed by atoms with Gasteiger partial charge in [-0.05, 0) is 282 Å². The second-order valence-corrected chi connectivity index (χ2v) is 32.2. The molecule has 0 aliphatic carbocycles. The van der Waals surface area contributed by atoms with Gasteiger partial charge in [0.1, 0.15) is 34.5 Å². The monoisotopic (exact) mass is 1930 g/mol. The number of hydrogen-bond donors (Lipinski definition) is 8. The van der Waals surface area contributed by atoms with Gasteiger partial charge in [-0.3, -0.25) is 0 Å². The Morgan fingerprint density at radius 3 is 0.409 bits per heavy atom. The average Bonchev–Trinajstić information content (AvgIpc) is 0.805. The van der Waals surface area contributed by atoms with Gasteiger partial charge < -0.3 is 40.9 Å². The zero-order valence-electron chi connectivity index (χ0n) is 84.6. The van der Waals surface area contributed by atoms with Crippen LogP contribution < -0.4 is 0 Å². The molecule has 754 valence electrons. The first-order chi connectivity index (χ1) is 63.9. The van der Waals surface area contributed by atoms with Crippen LogP contribution in [0.4, 0.5) is 65.9 Å². The van der Waals surface area contributed by atoms with Crippen LogP contribution in [0.3, 0.4) is 0 Å². The Morgan fingerprint density at radius 1 is 0.161 bits per heavy atom. The van der Waals surface area contributed by atoms with Crippen LogP contribution in [0, 0.1) is 34.6 Å². The van der Waals surface area contributed by atoms with Crippen molar-refractivity contribution in [2.75, 3.05) is 0 Å². The number of rotatable bonds is 12. The predicted molar refractivity (Wildman–Crippen MR) is 534 cm³/mol. The van der Waals surface area contributed by atoms with Crippen LogP contribution in [0.15, 0.2) is 255 Å². The third kappa shape index (κ3) is 46.6. The van der Waals surface area contributed by atoms with E-state index < -0.39 is 58.7 Å². The number of alkyl halides is 15. The van der Waals surface area contributed by atoms with Crippen molar-refractivity contribution in [3.63, 3.8) is 0 Å². The molecule has 8 N–H and O–H groups in total. The predicted octanol–water partition coefficient (Wildman–Crippen LogP) is 37.0. The highest BCUT2D eigenvalue weighted by Gasteiger charge is 2.35. The van der Waals surface area contributed by atoms with Gasteiger partial charge in [-0.2, -0.15) is 65.9 Å². The Kier molecular flexibility index (Phi) is 57.4. The fraction of sp³-hybridized carbons (Fsp3) is 0.368. The summed E-state index contributed by atoms with van der Waals surface area (Å²) in [4.78, 5) is 0. The Hall–Kier alpha value is -12.0. The first-order valence-corrected chi connectivity index (χ1v) is 46.1. The molecule has 0 aliphatic rings. The summed E-state index contributed by atoms with van der Waals surface area (Å²) >= 11 is 0. The van der Waals surface area contributed by atoms with Crippen molar-refractivity contribution in [2.24, 2.45) is 0 Å². The molecule has 137 heavy (non-hydrogen) atoms. The number of aromatic hydroxyl groups is 8. The normalized spacial score (nSPS) is 10.8. The number of aryl methyl sites for hydroxylation is 5. The van der Waals surface area contributed by atoms with Gasteiger partial charge in [0.05, 0.1) is 27.8 Å². The van der Waals surface area contributed by atoms with E-state index in [1.165, 1.54) is 66.7 Å². The summed E-state index contributed by atoms with van der Waals surface area (Å²) in [5, 5.41) is 75.0. The van der Waals surface area contributed by atoms with Gasteiger partial charge in [0.2, 0.25) is 0 Å². The summed E-state index contributed by atoms with van der Waals surface area (Å²) in [5.74, 6) is 2.12. The van der Waals surface area contributed by atoms with Crippen molar-refractivity contribution in [3.8, 4) is 46.0 Å². The molecule has 8 nitrogen and oxygen atoms in total. The van der Waals surface area contributed by atoms with Crippen molar-refractivity contribution < 1.29 is 107 Å². The molecular weight excluding hydrogens is 1780 g/mol. The van der Waals surface area contributed by atoms with E-state index in [2.05, 4.69) is 0 Å². The van der Waals surface area contributed by atoms with E-state index in [4.69, 9.17) is 10.2 Å². The van der Waals surface area contributed by atoms with Crippen LogP contribution >= 0.6 is 0 Å². The molecule has 23 heteroatoms. The lowest BCUT2D eigenvalue weighted by molar-refractivity contribution is -0.138. The highest BCUT2D eigenvalue weighted by Crippen LogP contribution is 2.41. The summed E-state index contributed by atoms with van der Waals surface area (Å²) in [6.07, 6.45) is -21.2. The lowest BCUT2D eigenvalue weighted by atomic mass is 9.85. The van der Waals surface area contributed by atoms with Gasteiger partial charge in [0.15, 0.2) is 11.5 Å². The Morgan fingerprint density at radius 2 is 0.292 bits per heavy atom. The van der Waals surface area contributed by atoms with E-state index in [1.54, 1.807) is 150 Å². The number of benzene rings is 12. The van der Waals surface area contributed by atoms with Crippen molar-refractivity contribution >= 4 is 0 Å². The summed E-state index contributed by atoms with van der Waals surface area (Å²) in [5.41, 5.74) is 11.3. The molecular formula is C114H145F15O8. The third-order valence-corrected chi connectivity index (χ3v) is 19.5. The molecule has 0 spiro atoms. The lowest BCUT2D eigenvalue weighted by Crippen LogP contribution is -2.06. The van der Waals surface area contributed by atoms with Gasteiger partial charge >= 0.3 is 30.9 Å². The topological polar surface area (TPSA) is 162 Å². The molecule has 0 bridgehead atoms. The summed E-state index contributed by atoms with van der Waals surface area (Å²) in [6, 6.07) is 68.2. The maximum Gasteiger partial charge on any atom is 0.416 e. The van der Waals surface area contributed by atoms with Crippen LogP contribution in [0.1, 0.15) is 336 Å². The molecule has 12 aromatic carbocycles. The number of hydrogen-bond acceptors (Lipinski definition) is 8. The zero-order valence-corrected chi connectivity index (χ0v) is 84.6. The summed E-state index contributed by atoms with van der Waals surface area (Å²) in [7, 11) is 0. The molecule has 0 saturated heterocycles. The molecule has 0 fully saturated rings. The van der Waals surface area contributed by atoms with Crippen LogP contribution in [-0.4, -0.2) is 40.9 Å². The van der Waals surface area contributed by atoms with Gasteiger partial charge in [-0.25, -0.2) is 0 Å². The molecule has 0 atom stereocenters. The fourth-order valence-electron chi connectivity index (χ4n) is 12.6. The highest BCUT2D eigenvalue weighted by molar-refractivity contribution is 5.50. The van der Waals surface area contributed by atoms with Gasteiger partial charge in [0.25, 0.3) is 0 Å². The molecule has 0 aromatic heterocycles. The molecule has 0 heterocycles. The smallest absolute Gasteiger partial charge is 0.416 e. The standard InChI is InChI=1S/2C19H16O3.5C11H13F3.C9H12O2.6C2H6/c2*20-16-7-1-13(2-8-16)19(14-3-9-17(21)10-4-14)15-5-11-18(22)12-6-15;5*1-7(2)9-4-8(3)5-10(6-9)11(12,13)14;1-6(2)7-3-4-8(10)9(11)5-7;6*1-2/h2*1-12,19-22H;5*4-7H,1-3H3;3-6,10-11H,1-2H3;6*1-2H3. The van der Waals surface area contributed by atoms with Crippen molar-refractivity contribution in [3.05, 3.63) is 377 Å². The maximum absolute atomic E-state index is 12.4. The average molecular weight is 1930 g/mol. The van der Waals surface area contributed by atoms with Crippen LogP contribution in [0.2, 0.25) is 0 Å². The Labute approximate surface area is 804 Å². The van der Waals surface area contributed by atoms with Crippen LogP contribution in [-0.2, 0) is 30.9 Å². The first-order valence-electron chi connectivity index (χ1n) is 46.1. The van der Waals surface area contributed by atoms with Gasteiger partial charge in [-0.1, -0.05) is 303 Å². The molecule has 0 aliphatic heterocycles. The summed E-state index contributed by atoms with van der Waals surface area (Å²) < 4.78 is 186. The first kappa shape index (κ1) is 127. The minimum Gasteiger partial charge on any atom is -0.508 e. The van der Waals surface area contributed by atoms with Gasteiger partial charge in [-0.15, -0.1) is 0 Å². The molecule has 0 unspecified atom stereocenters. The zero-order chi connectivity index (χ0) is 106. The second-order valence-electron chi connectivity index (χ2n) is 32.2. The van der Waals surface area contributed by atoms with E-state index in [-0.39, 0.29) is 87.4 Å². The van der Waals surface area contributed by atoms with Crippen molar-refractivity contribution in [2.45, 2.75) is 279 Å². The van der Waals surface area contributed by atoms with E-state index in [0.29, 0.717) is 33.7 Å². The quantitative estimate of drug-likeness (QED) is 0.0341. The molecule has 12 rings (SSSR count). The highest BCUT2D eigenvalue weighted by atomic mass is 19.4. The SMILES string of the molecule is CC.CC.CC.CC.CC.CC.CC(C)c1ccc(O)c(O)c1.Cc1cc(C(C)C)cc(C(F)(F)F)c1.Cc1cc(C(C)C)cc(C(F)(F)F)c1.Cc1cc(C(C)C)cc(C(F)(F)F)c1.Cc1cc(C(C)C)cc(C(F)(F)F)c1.Cc1cc(C(C)C)cc(C(F)(F)F)c1.Oc1ccc(C(c2ccc(O)cc2)c2ccc(O)cc2)cc1.Oc1ccc(C(c2ccc(O)cc2)c2ccc(O)cc2)cc1. The summed E-state index contributed by atoms with van der Waals surface area (Å²) in [6.45, 7) is 55.3. The third-order valence-electron chi connectivity index (χ3n) is 19.5. The van der Waals surface area contributed by atoms with E-state index in [0.717, 1.165) is 66.8 Å². The Balaban J connectivity index is 0. The maximum atomic E-state index is 12.4. The van der Waals surface area contributed by atoms with E-state index in [9.17, 15) is 96.5 Å². The molecule has 0 amide bonds. The molecule has 0 saturated carbocycles. The minimum atomic E-state index is -4.24. The molecule has 12 aromatic rings. The number of halogens is 15. The van der Waals surface area contributed by atoms with Crippen LogP contribution in [0.5, 0.6) is 46.0 Å². The van der Waals surface area contributed by atoms with E-state index >= 15 is 0 Å². The Bertz CT molecular complexity index is 4580. The van der Waals surface area contributed by atoms with Crippen molar-refractivity contribution in [1.29, 1.82) is 0 Å². The number of phenolic OH excluding ortho intramolecular Hbond substituents is 8. The minimum absolute atomic E-state index is 0.0400. The van der Waals surface area contributed by atoms with E-state index in [1.807, 2.05) is 239 Å². The fourth-order valence-corrected chi connectivity index (χ4v) is 12.6. The molecule has 0 radical (unpaired) electrons. The lowest BCUT2D eigenvalue weighted by Gasteiger charge is -2.19. The van der Waals surface area contributed by atoms with Gasteiger partial charge in [0, 0.05) is 11.8 Å². The second kappa shape index (κ2) is 62.0. The van der Waals surface area contributed by atoms with Crippen LogP contribution in [0.25, 0.3) is 0 Å². The largest absolute Gasteiger partial charge is 0.508 e.